The number of likely N-dealkylation sites (tertiary alicyclic amines) is 1. The molecule has 3 aromatic rings. The van der Waals surface area contributed by atoms with E-state index in [1.165, 1.54) is 5.56 Å². The standard InChI is InChI=1S/C29H37N5O4/c35-29(36)27(25-8-3-5-21-17-31-34(26(21)25)23-12-16-37-19-23)33-14-11-24(18-33)38-15-2-1-7-22-10-9-20-6-4-13-30-28(20)32-22/h3-6,8,13,17,22-24,27H,1-2,7,9-12,14-16,18-19H2,(H,30,32)(H,35,36)/t22-,23+,24-,27?/m1/s1. The van der Waals surface area contributed by atoms with Gasteiger partial charge in [0.05, 0.1) is 30.5 Å². The molecule has 38 heavy (non-hydrogen) atoms. The summed E-state index contributed by atoms with van der Waals surface area (Å²) in [5.74, 6) is 0.207. The molecule has 2 saturated heterocycles. The minimum absolute atomic E-state index is 0.0630. The van der Waals surface area contributed by atoms with E-state index >= 15 is 0 Å². The molecule has 6 rings (SSSR count). The van der Waals surface area contributed by atoms with Gasteiger partial charge < -0.3 is 19.9 Å². The Kier molecular flexibility index (Phi) is 7.58. The number of para-hydroxylation sites is 1. The van der Waals surface area contributed by atoms with Crippen LogP contribution in [0.4, 0.5) is 5.82 Å². The Hall–Kier alpha value is -3.01. The Morgan fingerprint density at radius 2 is 2.16 bits per heavy atom. The number of unbranched alkanes of at least 4 members (excludes halogenated alkanes) is 1. The van der Waals surface area contributed by atoms with Gasteiger partial charge in [-0.05, 0) is 56.6 Å². The quantitative estimate of drug-likeness (QED) is 0.384. The number of hydrogen-bond acceptors (Lipinski definition) is 7. The number of aliphatic carboxylic acids is 1. The van der Waals surface area contributed by atoms with E-state index in [2.05, 4.69) is 26.4 Å². The molecule has 3 aliphatic rings. The van der Waals surface area contributed by atoms with E-state index in [9.17, 15) is 9.90 Å². The molecule has 4 atom stereocenters. The highest BCUT2D eigenvalue weighted by molar-refractivity contribution is 5.88. The molecule has 3 aliphatic heterocycles. The van der Waals surface area contributed by atoms with Gasteiger partial charge in [-0.1, -0.05) is 24.3 Å². The molecule has 1 unspecified atom stereocenters. The SMILES string of the molecule is O=C(O)C(c1cccc2cnn([C@H]3CCOC3)c12)N1CC[C@@H](OCCCC[C@@H]2CCc3cccnc3N2)C1. The third-order valence-electron chi connectivity index (χ3n) is 8.27. The highest BCUT2D eigenvalue weighted by atomic mass is 16.5. The molecular weight excluding hydrogens is 482 g/mol. The second-order valence-electron chi connectivity index (χ2n) is 10.8. The zero-order valence-electron chi connectivity index (χ0n) is 21.8. The largest absolute Gasteiger partial charge is 0.480 e. The first-order valence-electron chi connectivity index (χ1n) is 14.0. The average Bonchev–Trinajstić information content (AvgIpc) is 3.70. The molecule has 9 nitrogen and oxygen atoms in total. The fraction of sp³-hybridized carbons (Fsp3) is 0.552. The second kappa shape index (κ2) is 11.4. The van der Waals surface area contributed by atoms with Gasteiger partial charge in [0.25, 0.3) is 0 Å². The number of carboxylic acids is 1. The fourth-order valence-electron chi connectivity index (χ4n) is 6.28. The van der Waals surface area contributed by atoms with Crippen molar-refractivity contribution in [2.75, 3.05) is 38.2 Å². The molecule has 0 spiro atoms. The van der Waals surface area contributed by atoms with Crippen LogP contribution in [0.5, 0.6) is 0 Å². The molecule has 1 aromatic carbocycles. The van der Waals surface area contributed by atoms with Gasteiger partial charge in [0.1, 0.15) is 11.9 Å². The number of pyridine rings is 1. The monoisotopic (exact) mass is 519 g/mol. The zero-order valence-corrected chi connectivity index (χ0v) is 21.8. The number of anilines is 1. The van der Waals surface area contributed by atoms with Gasteiger partial charge in [0, 0.05) is 49.5 Å². The first-order chi connectivity index (χ1) is 18.7. The molecule has 0 bridgehead atoms. The summed E-state index contributed by atoms with van der Waals surface area (Å²) < 4.78 is 13.8. The van der Waals surface area contributed by atoms with Crippen molar-refractivity contribution in [1.82, 2.24) is 19.7 Å². The summed E-state index contributed by atoms with van der Waals surface area (Å²) in [4.78, 5) is 19.1. The lowest BCUT2D eigenvalue weighted by atomic mass is 9.97. The number of nitrogens with zero attached hydrogens (tertiary/aromatic N) is 4. The Morgan fingerprint density at radius 1 is 1.21 bits per heavy atom. The van der Waals surface area contributed by atoms with Gasteiger partial charge in [-0.15, -0.1) is 0 Å². The van der Waals surface area contributed by atoms with Gasteiger partial charge in [-0.2, -0.15) is 5.10 Å². The smallest absolute Gasteiger partial charge is 0.325 e. The Labute approximate surface area is 223 Å². The third kappa shape index (κ3) is 5.28. The number of aryl methyl sites for hydroxylation is 1. The summed E-state index contributed by atoms with van der Waals surface area (Å²) in [6.45, 7) is 3.37. The lowest BCUT2D eigenvalue weighted by molar-refractivity contribution is -0.143. The number of nitrogens with one attached hydrogen (secondary N) is 1. The van der Waals surface area contributed by atoms with Gasteiger partial charge >= 0.3 is 5.97 Å². The number of carboxylic acid groups (broad SMARTS) is 1. The highest BCUT2D eigenvalue weighted by Crippen LogP contribution is 2.34. The molecular formula is C29H37N5O4. The van der Waals surface area contributed by atoms with Gasteiger partial charge in [0.2, 0.25) is 0 Å². The fourth-order valence-corrected chi connectivity index (χ4v) is 6.28. The van der Waals surface area contributed by atoms with E-state index in [1.807, 2.05) is 41.3 Å². The van der Waals surface area contributed by atoms with Crippen molar-refractivity contribution in [3.63, 3.8) is 0 Å². The van der Waals surface area contributed by atoms with Crippen LogP contribution < -0.4 is 5.32 Å². The number of carbonyl (C=O) groups is 1. The number of fused-ring (bicyclic) bond motifs is 2. The summed E-state index contributed by atoms with van der Waals surface area (Å²) in [7, 11) is 0. The lowest BCUT2D eigenvalue weighted by Crippen LogP contribution is -2.34. The van der Waals surface area contributed by atoms with E-state index in [1.54, 1.807) is 0 Å². The number of hydrogen-bond donors (Lipinski definition) is 2. The van der Waals surface area contributed by atoms with Crippen molar-refractivity contribution in [2.24, 2.45) is 0 Å². The Bertz CT molecular complexity index is 1260. The maximum Gasteiger partial charge on any atom is 0.325 e. The van der Waals surface area contributed by atoms with Crippen LogP contribution in [0.15, 0.2) is 42.7 Å². The zero-order chi connectivity index (χ0) is 25.9. The summed E-state index contributed by atoms with van der Waals surface area (Å²) in [5, 5.41) is 19.5. The molecule has 0 saturated carbocycles. The number of aromatic nitrogens is 3. The molecule has 0 aliphatic carbocycles. The summed E-state index contributed by atoms with van der Waals surface area (Å²) >= 11 is 0. The van der Waals surface area contributed by atoms with Gasteiger partial charge in [0.15, 0.2) is 0 Å². The maximum absolute atomic E-state index is 12.6. The Morgan fingerprint density at radius 3 is 3.03 bits per heavy atom. The van der Waals surface area contributed by atoms with Crippen LogP contribution in [0, 0.1) is 0 Å². The minimum Gasteiger partial charge on any atom is -0.480 e. The van der Waals surface area contributed by atoms with E-state index < -0.39 is 12.0 Å². The minimum atomic E-state index is -0.829. The molecule has 5 heterocycles. The van der Waals surface area contributed by atoms with Gasteiger partial charge in [-0.3, -0.25) is 14.4 Å². The molecule has 0 amide bonds. The van der Waals surface area contributed by atoms with Crippen LogP contribution in [0.2, 0.25) is 0 Å². The van der Waals surface area contributed by atoms with Crippen LogP contribution in [-0.2, 0) is 20.7 Å². The van der Waals surface area contributed by atoms with Crippen molar-refractivity contribution in [3.8, 4) is 0 Å². The number of rotatable bonds is 10. The summed E-state index contributed by atoms with van der Waals surface area (Å²) in [6, 6.07) is 9.93. The average molecular weight is 520 g/mol. The van der Waals surface area contributed by atoms with Gasteiger partial charge in [-0.25, -0.2) is 4.98 Å². The second-order valence-corrected chi connectivity index (χ2v) is 10.8. The first kappa shape index (κ1) is 25.3. The molecule has 0 radical (unpaired) electrons. The summed E-state index contributed by atoms with van der Waals surface area (Å²) in [6.07, 6.45) is 10.9. The first-order valence-corrected chi connectivity index (χ1v) is 14.0. The topological polar surface area (TPSA) is 102 Å². The highest BCUT2D eigenvalue weighted by Gasteiger charge is 2.36. The van der Waals surface area contributed by atoms with Crippen molar-refractivity contribution in [1.29, 1.82) is 0 Å². The van der Waals surface area contributed by atoms with Crippen LogP contribution >= 0.6 is 0 Å². The predicted octanol–water partition coefficient (Wildman–Crippen LogP) is 4.21. The van der Waals surface area contributed by atoms with Crippen molar-refractivity contribution < 1.29 is 19.4 Å². The van der Waals surface area contributed by atoms with Crippen LogP contribution in [0.25, 0.3) is 10.9 Å². The maximum atomic E-state index is 12.6. The summed E-state index contributed by atoms with van der Waals surface area (Å²) in [5.41, 5.74) is 3.02. The Balaban J connectivity index is 1.03. The molecule has 202 valence electrons. The molecule has 2 N–H and O–H groups in total. The normalized spacial score (nSPS) is 24.4. The number of ether oxygens (including phenoxy) is 2. The number of benzene rings is 1. The van der Waals surface area contributed by atoms with E-state index in [-0.39, 0.29) is 12.1 Å². The van der Waals surface area contributed by atoms with E-state index in [0.29, 0.717) is 39.0 Å². The van der Waals surface area contributed by atoms with E-state index in [4.69, 9.17) is 9.47 Å². The van der Waals surface area contributed by atoms with Crippen LogP contribution in [0.3, 0.4) is 0 Å². The lowest BCUT2D eigenvalue weighted by Gasteiger charge is -2.26. The van der Waals surface area contributed by atoms with Crippen molar-refractivity contribution in [2.45, 2.75) is 69.2 Å². The molecule has 2 aromatic heterocycles. The molecule has 9 heteroatoms. The molecule has 2 fully saturated rings. The van der Waals surface area contributed by atoms with E-state index in [0.717, 1.165) is 67.2 Å². The van der Waals surface area contributed by atoms with Crippen LogP contribution in [0.1, 0.15) is 61.7 Å². The predicted molar refractivity (Wildman–Crippen MR) is 144 cm³/mol. The van der Waals surface area contributed by atoms with Crippen molar-refractivity contribution >= 4 is 22.7 Å². The van der Waals surface area contributed by atoms with Crippen molar-refractivity contribution in [3.05, 3.63) is 53.9 Å². The third-order valence-corrected chi connectivity index (χ3v) is 8.27. The van der Waals surface area contributed by atoms with Crippen LogP contribution in [-0.4, -0.2) is 75.8 Å².